The van der Waals surface area contributed by atoms with Crippen LogP contribution in [0.5, 0.6) is 0 Å². The second kappa shape index (κ2) is 14.8. The van der Waals surface area contributed by atoms with E-state index >= 15 is 0 Å². The number of nitrogens with zero attached hydrogens (tertiary/aromatic N) is 2. The zero-order valence-electron chi connectivity index (χ0n) is 38.3. The number of rotatable bonds is 6. The van der Waals surface area contributed by atoms with Crippen molar-refractivity contribution in [2.45, 2.75) is 10.8 Å². The molecule has 70 heavy (non-hydrogen) atoms. The molecule has 0 N–H and O–H groups in total. The Bertz CT molecular complexity index is 3920. The molecule has 0 unspecified atom stereocenters. The lowest BCUT2D eigenvalue weighted by molar-refractivity contribution is 0.768. The first-order valence-corrected chi connectivity index (χ1v) is 24.4. The minimum Gasteiger partial charge on any atom is -0.310 e. The molecule has 1 heterocycles. The number of anilines is 3. The predicted molar refractivity (Wildman–Crippen MR) is 289 cm³/mol. The van der Waals surface area contributed by atoms with Crippen LogP contribution in [0.15, 0.2) is 267 Å². The molecule has 1 aromatic heterocycles. The Hall–Kier alpha value is -8.98. The summed E-state index contributed by atoms with van der Waals surface area (Å²) in [6.07, 6.45) is 0. The summed E-state index contributed by atoms with van der Waals surface area (Å²) in [7, 11) is 0. The maximum Gasteiger partial charge on any atom is 0.0726 e. The van der Waals surface area contributed by atoms with Gasteiger partial charge in [-0.05, 0) is 132 Å². The molecular weight excluding hydrogens is 845 g/mol. The van der Waals surface area contributed by atoms with E-state index in [4.69, 9.17) is 0 Å². The molecule has 0 saturated heterocycles. The maximum atomic E-state index is 2.50. The minimum absolute atomic E-state index is 0.471. The third-order valence-corrected chi connectivity index (χ3v) is 15.9. The summed E-state index contributed by atoms with van der Waals surface area (Å²) >= 11 is 0. The molecule has 326 valence electrons. The lowest BCUT2D eigenvalue weighted by Crippen LogP contribution is -2.28. The van der Waals surface area contributed by atoms with Gasteiger partial charge in [0.15, 0.2) is 0 Å². The van der Waals surface area contributed by atoms with Gasteiger partial charge in [-0.3, -0.25) is 0 Å². The van der Waals surface area contributed by atoms with E-state index in [0.717, 1.165) is 22.7 Å². The topological polar surface area (TPSA) is 8.17 Å². The normalized spacial score (nSPS) is 13.9. The lowest BCUT2D eigenvalue weighted by atomic mass is 9.67. The Morgan fingerprint density at radius 3 is 1.19 bits per heavy atom. The Balaban J connectivity index is 0.974. The van der Waals surface area contributed by atoms with Crippen molar-refractivity contribution >= 4 is 38.9 Å². The van der Waals surface area contributed by atoms with Crippen LogP contribution < -0.4 is 4.90 Å². The molecule has 0 bridgehead atoms. The first-order valence-electron chi connectivity index (χ1n) is 24.4. The molecule has 2 heteroatoms. The number of para-hydroxylation sites is 2. The molecule has 1 spiro atoms. The highest BCUT2D eigenvalue weighted by molar-refractivity contribution is 6.09. The van der Waals surface area contributed by atoms with Crippen LogP contribution in [0, 0.1) is 0 Å². The van der Waals surface area contributed by atoms with Gasteiger partial charge in [0, 0.05) is 33.5 Å². The van der Waals surface area contributed by atoms with Gasteiger partial charge in [0.1, 0.15) is 0 Å². The van der Waals surface area contributed by atoms with Gasteiger partial charge < -0.3 is 9.47 Å². The second-order valence-electron chi connectivity index (χ2n) is 19.1. The highest BCUT2D eigenvalue weighted by Gasteiger charge is 2.52. The van der Waals surface area contributed by atoms with E-state index in [-0.39, 0.29) is 0 Å². The van der Waals surface area contributed by atoms with Crippen molar-refractivity contribution in [3.05, 3.63) is 311 Å². The molecule has 0 atom stereocenters. The summed E-state index contributed by atoms with van der Waals surface area (Å²) in [6, 6.07) is 99.7. The van der Waals surface area contributed by atoms with E-state index in [9.17, 15) is 0 Å². The van der Waals surface area contributed by atoms with Crippen LogP contribution in [-0.2, 0) is 10.8 Å². The minimum atomic E-state index is -0.497. The molecular formula is C68H44N2. The fourth-order valence-electron chi connectivity index (χ4n) is 13.2. The van der Waals surface area contributed by atoms with Gasteiger partial charge in [-0.25, -0.2) is 0 Å². The molecule has 11 aromatic carbocycles. The van der Waals surface area contributed by atoms with E-state index in [0.29, 0.717) is 0 Å². The van der Waals surface area contributed by atoms with Gasteiger partial charge in [-0.1, -0.05) is 212 Å². The molecule has 2 nitrogen and oxygen atoms in total. The van der Waals surface area contributed by atoms with Crippen LogP contribution in [0.25, 0.3) is 60.9 Å². The van der Waals surface area contributed by atoms with Gasteiger partial charge in [-0.15, -0.1) is 0 Å². The SMILES string of the molecule is c1ccc(C2(c3ccc(N(c4cccc(-n5c6ccccc6c6ccccc65)c4)c4ccc5c(c4)C4(c6ccccc6-c6ccccc64)c4ccccc4-5)cc3)c3ccccc3-c3ccccc32)cc1. The number of fused-ring (bicyclic) bond motifs is 16. The molecule has 0 radical (unpaired) electrons. The van der Waals surface area contributed by atoms with Crippen LogP contribution in [0.4, 0.5) is 17.1 Å². The average Bonchev–Trinajstić information content (AvgIpc) is 4.13. The Kier molecular flexibility index (Phi) is 8.24. The molecule has 3 aliphatic rings. The van der Waals surface area contributed by atoms with Gasteiger partial charge in [0.05, 0.1) is 21.9 Å². The van der Waals surface area contributed by atoms with Gasteiger partial charge in [0.2, 0.25) is 0 Å². The third kappa shape index (κ3) is 5.12. The fraction of sp³-hybridized carbons (Fsp3) is 0.0294. The monoisotopic (exact) mass is 888 g/mol. The van der Waals surface area contributed by atoms with Crippen LogP contribution in [0.2, 0.25) is 0 Å². The van der Waals surface area contributed by atoms with E-state index in [1.807, 2.05) is 0 Å². The molecule has 15 rings (SSSR count). The van der Waals surface area contributed by atoms with Crippen molar-refractivity contribution in [1.82, 2.24) is 4.57 Å². The average molecular weight is 889 g/mol. The Morgan fingerprint density at radius 2 is 0.657 bits per heavy atom. The summed E-state index contributed by atoms with van der Waals surface area (Å²) in [5, 5.41) is 2.50. The Morgan fingerprint density at radius 1 is 0.257 bits per heavy atom. The van der Waals surface area contributed by atoms with Gasteiger partial charge in [0.25, 0.3) is 0 Å². The summed E-state index contributed by atoms with van der Waals surface area (Å²) < 4.78 is 2.43. The van der Waals surface area contributed by atoms with Crippen molar-refractivity contribution in [3.8, 4) is 39.1 Å². The fourth-order valence-corrected chi connectivity index (χ4v) is 13.2. The predicted octanol–water partition coefficient (Wildman–Crippen LogP) is 17.0. The molecule has 0 aliphatic heterocycles. The maximum absolute atomic E-state index is 2.50. The molecule has 12 aromatic rings. The summed E-state index contributed by atoms with van der Waals surface area (Å²) in [6.45, 7) is 0. The highest BCUT2D eigenvalue weighted by atomic mass is 15.1. The smallest absolute Gasteiger partial charge is 0.0726 e. The van der Waals surface area contributed by atoms with E-state index in [1.165, 1.54) is 99.7 Å². The van der Waals surface area contributed by atoms with Gasteiger partial charge >= 0.3 is 0 Å². The van der Waals surface area contributed by atoms with Crippen molar-refractivity contribution in [2.75, 3.05) is 4.90 Å². The molecule has 0 saturated carbocycles. The van der Waals surface area contributed by atoms with Crippen molar-refractivity contribution in [3.63, 3.8) is 0 Å². The standard InChI is InChI=1S/C68H44N2/c1-2-19-45(20-3-1)67(59-30-11-4-23-51(59)52-24-5-12-31-60(52)67)46-37-39-47(40-38-46)69(48-21-18-22-49(43-48)70-65-35-16-9-28-57(65)58-29-10-17-36-66(58)70)50-41-42-56-55-27-8-15-34-63(55)68(64(56)44-50)61-32-13-6-25-53(61)54-26-7-14-33-62(54)68/h1-44H. The van der Waals surface area contributed by atoms with Gasteiger partial charge in [-0.2, -0.15) is 0 Å². The summed E-state index contributed by atoms with van der Waals surface area (Å²) in [4.78, 5) is 2.48. The van der Waals surface area contributed by atoms with Crippen LogP contribution in [-0.4, -0.2) is 4.57 Å². The van der Waals surface area contributed by atoms with Crippen molar-refractivity contribution in [1.29, 1.82) is 0 Å². The van der Waals surface area contributed by atoms with E-state index < -0.39 is 10.8 Å². The highest BCUT2D eigenvalue weighted by Crippen LogP contribution is 2.63. The number of aromatic nitrogens is 1. The number of hydrogen-bond acceptors (Lipinski definition) is 1. The first-order chi connectivity index (χ1) is 34.7. The molecule has 0 fully saturated rings. The molecule has 3 aliphatic carbocycles. The van der Waals surface area contributed by atoms with E-state index in [2.05, 4.69) is 276 Å². The number of benzene rings is 11. The Labute approximate surface area is 407 Å². The van der Waals surface area contributed by atoms with Crippen molar-refractivity contribution in [2.24, 2.45) is 0 Å². The first kappa shape index (κ1) is 39.1. The number of hydrogen-bond donors (Lipinski definition) is 0. The molecule has 0 amide bonds. The van der Waals surface area contributed by atoms with E-state index in [1.54, 1.807) is 0 Å². The van der Waals surface area contributed by atoms with Crippen LogP contribution >= 0.6 is 0 Å². The second-order valence-corrected chi connectivity index (χ2v) is 19.1. The zero-order valence-corrected chi connectivity index (χ0v) is 38.3. The zero-order chi connectivity index (χ0) is 46.0. The lowest BCUT2D eigenvalue weighted by Gasteiger charge is -2.35. The van der Waals surface area contributed by atoms with Crippen molar-refractivity contribution < 1.29 is 0 Å². The summed E-state index contributed by atoms with van der Waals surface area (Å²) in [5.74, 6) is 0. The van der Waals surface area contributed by atoms with Crippen LogP contribution in [0.3, 0.4) is 0 Å². The summed E-state index contributed by atoms with van der Waals surface area (Å²) in [5.41, 5.74) is 24.0. The largest absolute Gasteiger partial charge is 0.310 e. The quantitative estimate of drug-likeness (QED) is 0.161. The third-order valence-electron chi connectivity index (χ3n) is 15.9. The van der Waals surface area contributed by atoms with Crippen LogP contribution in [0.1, 0.15) is 44.5 Å².